The minimum absolute atomic E-state index is 0.597. The average Bonchev–Trinajstić information content (AvgIpc) is 3.04. The Balaban J connectivity index is 2.11. The molecule has 2 rings (SSSR count). The number of rotatable bonds is 4. The average molecular weight is 289 g/mol. The van der Waals surface area contributed by atoms with Crippen molar-refractivity contribution in [2.45, 2.75) is 32.2 Å². The zero-order valence-corrected chi connectivity index (χ0v) is 11.1. The summed E-state index contributed by atoms with van der Waals surface area (Å²) in [5, 5.41) is 4.34. The lowest BCUT2D eigenvalue weighted by Crippen LogP contribution is -2.20. The van der Waals surface area contributed by atoms with E-state index in [1.807, 2.05) is 12.1 Å². The minimum Gasteiger partial charge on any atom is -0.381 e. The van der Waals surface area contributed by atoms with Gasteiger partial charge in [-0.3, -0.25) is 0 Å². The van der Waals surface area contributed by atoms with Crippen molar-refractivity contribution in [3.63, 3.8) is 0 Å². The van der Waals surface area contributed by atoms with Crippen LogP contribution in [0.15, 0.2) is 22.7 Å². The van der Waals surface area contributed by atoms with Gasteiger partial charge in [-0.1, -0.05) is 24.6 Å². The molecule has 82 valence electrons. The standard InChI is InChI=1S/C12H15BrClN/c1-2-10(8-6-7-8)15-11-5-3-4-9(14)12(11)13/h3-5,8,10,15H,2,6-7H2,1H3. The summed E-state index contributed by atoms with van der Waals surface area (Å²) in [6.07, 6.45) is 3.90. The molecule has 1 aromatic carbocycles. The van der Waals surface area contributed by atoms with Crippen LogP contribution in [-0.2, 0) is 0 Å². The Morgan fingerprint density at radius 1 is 1.53 bits per heavy atom. The van der Waals surface area contributed by atoms with Crippen LogP contribution >= 0.6 is 27.5 Å². The SMILES string of the molecule is CCC(Nc1cccc(Cl)c1Br)C1CC1. The van der Waals surface area contributed by atoms with Crippen LogP contribution in [0.4, 0.5) is 5.69 Å². The molecule has 0 aromatic heterocycles. The Labute approximate surface area is 104 Å². The molecule has 0 spiro atoms. The number of hydrogen-bond acceptors (Lipinski definition) is 1. The molecule has 1 aromatic rings. The van der Waals surface area contributed by atoms with Crippen LogP contribution < -0.4 is 5.32 Å². The molecule has 0 aliphatic heterocycles. The Kier molecular flexibility index (Phi) is 3.57. The van der Waals surface area contributed by atoms with E-state index in [0.717, 1.165) is 21.1 Å². The van der Waals surface area contributed by atoms with Crippen LogP contribution in [0.5, 0.6) is 0 Å². The summed E-state index contributed by atoms with van der Waals surface area (Å²) < 4.78 is 0.978. The molecule has 1 fully saturated rings. The number of anilines is 1. The quantitative estimate of drug-likeness (QED) is 0.846. The van der Waals surface area contributed by atoms with Crippen molar-refractivity contribution >= 4 is 33.2 Å². The number of halogens is 2. The molecule has 1 atom stereocenters. The van der Waals surface area contributed by atoms with Gasteiger partial charge in [-0.2, -0.15) is 0 Å². The first-order valence-corrected chi connectivity index (χ1v) is 6.60. The summed E-state index contributed by atoms with van der Waals surface area (Å²) in [6.45, 7) is 2.23. The van der Waals surface area contributed by atoms with Crippen LogP contribution in [0, 0.1) is 5.92 Å². The van der Waals surface area contributed by atoms with E-state index in [1.54, 1.807) is 0 Å². The number of nitrogens with one attached hydrogen (secondary N) is 1. The maximum absolute atomic E-state index is 6.05. The molecule has 1 nitrogen and oxygen atoms in total. The van der Waals surface area contributed by atoms with E-state index in [9.17, 15) is 0 Å². The molecule has 0 radical (unpaired) electrons. The van der Waals surface area contributed by atoms with Crippen molar-refractivity contribution in [2.24, 2.45) is 5.92 Å². The first-order valence-electron chi connectivity index (χ1n) is 5.43. The van der Waals surface area contributed by atoms with Gasteiger partial charge in [0.2, 0.25) is 0 Å². The van der Waals surface area contributed by atoms with E-state index in [0.29, 0.717) is 6.04 Å². The molecule has 3 heteroatoms. The van der Waals surface area contributed by atoms with Gasteiger partial charge in [-0.15, -0.1) is 0 Å². The summed E-state index contributed by atoms with van der Waals surface area (Å²) in [6, 6.07) is 6.55. The molecular formula is C12H15BrClN. The van der Waals surface area contributed by atoms with Gasteiger partial charge in [0.05, 0.1) is 15.2 Å². The van der Waals surface area contributed by atoms with E-state index in [1.165, 1.54) is 19.3 Å². The van der Waals surface area contributed by atoms with E-state index in [2.05, 4.69) is 34.2 Å². The fraction of sp³-hybridized carbons (Fsp3) is 0.500. The fourth-order valence-electron chi connectivity index (χ4n) is 1.87. The molecule has 1 saturated carbocycles. The van der Waals surface area contributed by atoms with Gasteiger partial charge in [0.15, 0.2) is 0 Å². The van der Waals surface area contributed by atoms with Crippen molar-refractivity contribution in [1.29, 1.82) is 0 Å². The highest BCUT2D eigenvalue weighted by Crippen LogP contribution is 2.37. The van der Waals surface area contributed by atoms with Crippen LogP contribution in [0.1, 0.15) is 26.2 Å². The first kappa shape index (κ1) is 11.3. The topological polar surface area (TPSA) is 12.0 Å². The molecular weight excluding hydrogens is 273 g/mol. The monoisotopic (exact) mass is 287 g/mol. The number of benzene rings is 1. The zero-order chi connectivity index (χ0) is 10.8. The second-order valence-electron chi connectivity index (χ2n) is 4.10. The zero-order valence-electron chi connectivity index (χ0n) is 8.76. The summed E-state index contributed by atoms with van der Waals surface area (Å²) in [5.74, 6) is 0.862. The molecule has 0 bridgehead atoms. The first-order chi connectivity index (χ1) is 7.22. The van der Waals surface area contributed by atoms with E-state index in [4.69, 9.17) is 11.6 Å². The van der Waals surface area contributed by atoms with Crippen molar-refractivity contribution in [2.75, 3.05) is 5.32 Å². The largest absolute Gasteiger partial charge is 0.381 e. The Hall–Kier alpha value is -0.210. The molecule has 0 saturated heterocycles. The summed E-state index contributed by atoms with van der Waals surface area (Å²) in [7, 11) is 0. The van der Waals surface area contributed by atoms with Crippen LogP contribution in [0.25, 0.3) is 0 Å². The number of hydrogen-bond donors (Lipinski definition) is 1. The van der Waals surface area contributed by atoms with E-state index in [-0.39, 0.29) is 0 Å². The van der Waals surface area contributed by atoms with Gasteiger partial charge in [0, 0.05) is 6.04 Å². The Bertz CT molecular complexity index is 349. The Morgan fingerprint density at radius 2 is 2.27 bits per heavy atom. The lowest BCUT2D eigenvalue weighted by molar-refractivity contribution is 0.616. The van der Waals surface area contributed by atoms with Gasteiger partial charge < -0.3 is 5.32 Å². The summed E-state index contributed by atoms with van der Waals surface area (Å²) in [4.78, 5) is 0. The van der Waals surface area contributed by atoms with Gasteiger partial charge in [-0.25, -0.2) is 0 Å². The predicted octanol–water partition coefficient (Wildman–Crippen LogP) is 4.70. The lowest BCUT2D eigenvalue weighted by Gasteiger charge is -2.19. The highest BCUT2D eigenvalue weighted by atomic mass is 79.9. The van der Waals surface area contributed by atoms with Crippen molar-refractivity contribution in [1.82, 2.24) is 0 Å². The highest BCUT2D eigenvalue weighted by molar-refractivity contribution is 9.10. The highest BCUT2D eigenvalue weighted by Gasteiger charge is 2.30. The van der Waals surface area contributed by atoms with Gasteiger partial charge in [0.25, 0.3) is 0 Å². The molecule has 0 heterocycles. The Morgan fingerprint density at radius 3 is 2.87 bits per heavy atom. The predicted molar refractivity (Wildman–Crippen MR) is 69.6 cm³/mol. The maximum atomic E-state index is 6.05. The lowest BCUT2D eigenvalue weighted by atomic mass is 10.1. The molecule has 0 amide bonds. The second-order valence-corrected chi connectivity index (χ2v) is 5.30. The smallest absolute Gasteiger partial charge is 0.0593 e. The molecule has 15 heavy (non-hydrogen) atoms. The molecule has 1 aliphatic carbocycles. The summed E-state index contributed by atoms with van der Waals surface area (Å²) in [5.41, 5.74) is 1.11. The van der Waals surface area contributed by atoms with Gasteiger partial charge in [0.1, 0.15) is 0 Å². The normalized spacial score (nSPS) is 17.5. The van der Waals surface area contributed by atoms with E-state index >= 15 is 0 Å². The van der Waals surface area contributed by atoms with Gasteiger partial charge in [-0.05, 0) is 53.2 Å². The van der Waals surface area contributed by atoms with Crippen LogP contribution in [0.3, 0.4) is 0 Å². The third kappa shape index (κ3) is 2.67. The van der Waals surface area contributed by atoms with Crippen LogP contribution in [-0.4, -0.2) is 6.04 Å². The van der Waals surface area contributed by atoms with E-state index < -0.39 is 0 Å². The van der Waals surface area contributed by atoms with Gasteiger partial charge >= 0.3 is 0 Å². The second kappa shape index (κ2) is 4.75. The third-order valence-corrected chi connectivity index (χ3v) is 4.32. The molecule has 1 unspecified atom stereocenters. The van der Waals surface area contributed by atoms with Crippen molar-refractivity contribution < 1.29 is 0 Å². The van der Waals surface area contributed by atoms with Crippen LogP contribution in [0.2, 0.25) is 5.02 Å². The fourth-order valence-corrected chi connectivity index (χ4v) is 2.42. The minimum atomic E-state index is 0.597. The van der Waals surface area contributed by atoms with Crippen molar-refractivity contribution in [3.8, 4) is 0 Å². The van der Waals surface area contributed by atoms with Crippen molar-refractivity contribution in [3.05, 3.63) is 27.7 Å². The molecule has 1 N–H and O–H groups in total. The maximum Gasteiger partial charge on any atom is 0.0593 e. The summed E-state index contributed by atoms with van der Waals surface area (Å²) >= 11 is 9.56. The third-order valence-electron chi connectivity index (χ3n) is 2.92. The molecule has 1 aliphatic rings.